The zero-order valence-corrected chi connectivity index (χ0v) is 21.2. The molecule has 7 nitrogen and oxygen atoms in total. The van der Waals surface area contributed by atoms with Crippen LogP contribution in [0.4, 0.5) is 23.3 Å². The van der Waals surface area contributed by atoms with Crippen molar-refractivity contribution in [1.82, 2.24) is 15.3 Å². The number of aromatic nitrogens is 2. The summed E-state index contributed by atoms with van der Waals surface area (Å²) in [5, 5.41) is 7.09. The van der Waals surface area contributed by atoms with Crippen LogP contribution >= 0.6 is 12.2 Å². The molecule has 1 unspecified atom stereocenters. The van der Waals surface area contributed by atoms with Crippen molar-refractivity contribution in [2.75, 3.05) is 59.3 Å². The van der Waals surface area contributed by atoms with Crippen LogP contribution < -0.4 is 25.3 Å². The molecule has 2 fully saturated rings. The van der Waals surface area contributed by atoms with E-state index in [1.807, 2.05) is 0 Å². The highest BCUT2D eigenvalue weighted by Gasteiger charge is 2.23. The lowest BCUT2D eigenvalue weighted by atomic mass is 10.0. The summed E-state index contributed by atoms with van der Waals surface area (Å²) in [6.45, 7) is 14.4. The Kier molecular flexibility index (Phi) is 7.22. The van der Waals surface area contributed by atoms with Gasteiger partial charge >= 0.3 is 0 Å². The molecule has 8 heteroatoms. The molecule has 4 rings (SSSR count). The number of hydrogen-bond donors (Lipinski definition) is 2. The highest BCUT2D eigenvalue weighted by Crippen LogP contribution is 2.27. The third-order valence-corrected chi connectivity index (χ3v) is 6.32. The number of rotatable bonds is 4. The van der Waals surface area contributed by atoms with Crippen LogP contribution in [0.2, 0.25) is 0 Å². The Bertz CT molecular complexity index is 936. The third-order valence-electron chi connectivity index (χ3n) is 6.12. The summed E-state index contributed by atoms with van der Waals surface area (Å²) in [6, 6.07) is 12.8. The van der Waals surface area contributed by atoms with E-state index in [-0.39, 0.29) is 5.54 Å². The Balaban J connectivity index is 1.53. The number of thiocarbonyl (C=S) groups is 1. The molecular weight excluding hydrogens is 430 g/mol. The van der Waals surface area contributed by atoms with Crippen molar-refractivity contribution in [2.45, 2.75) is 46.1 Å². The zero-order valence-electron chi connectivity index (χ0n) is 20.3. The monoisotopic (exact) mass is 467 g/mol. The van der Waals surface area contributed by atoms with Crippen LogP contribution in [0.15, 0.2) is 36.4 Å². The predicted octanol–water partition coefficient (Wildman–Crippen LogP) is 4.12. The summed E-state index contributed by atoms with van der Waals surface area (Å²) < 4.78 is 0. The van der Waals surface area contributed by atoms with Crippen LogP contribution in [0.3, 0.4) is 0 Å². The first kappa shape index (κ1) is 23.5. The number of nitrogens with zero attached hydrogens (tertiary/aromatic N) is 5. The minimum atomic E-state index is -0.124. The van der Waals surface area contributed by atoms with E-state index < -0.39 is 0 Å². The first-order valence-electron chi connectivity index (χ1n) is 12.0. The van der Waals surface area contributed by atoms with Gasteiger partial charge in [-0.25, -0.2) is 0 Å². The van der Waals surface area contributed by atoms with Crippen LogP contribution in [0.25, 0.3) is 0 Å². The summed E-state index contributed by atoms with van der Waals surface area (Å²) in [5.41, 5.74) is 1.16. The summed E-state index contributed by atoms with van der Waals surface area (Å²) in [4.78, 5) is 16.9. The van der Waals surface area contributed by atoms with Gasteiger partial charge < -0.3 is 25.3 Å². The van der Waals surface area contributed by atoms with E-state index in [0.717, 1.165) is 50.9 Å². The first-order chi connectivity index (χ1) is 15.8. The molecule has 2 aliphatic heterocycles. The number of piperidine rings is 1. The second-order valence-corrected chi connectivity index (χ2v) is 10.6. The van der Waals surface area contributed by atoms with Gasteiger partial charge in [0.25, 0.3) is 0 Å². The second-order valence-electron chi connectivity index (χ2n) is 10.2. The van der Waals surface area contributed by atoms with Gasteiger partial charge in [0, 0.05) is 56.6 Å². The molecular formula is C25H37N7S. The Morgan fingerprint density at radius 3 is 2.21 bits per heavy atom. The van der Waals surface area contributed by atoms with Crippen LogP contribution in [-0.2, 0) is 0 Å². The van der Waals surface area contributed by atoms with Gasteiger partial charge in [-0.2, -0.15) is 9.97 Å². The maximum Gasteiger partial charge on any atom is 0.232 e. The van der Waals surface area contributed by atoms with Crippen LogP contribution in [0.1, 0.15) is 40.5 Å². The van der Waals surface area contributed by atoms with Crippen LogP contribution in [0, 0.1) is 5.92 Å². The van der Waals surface area contributed by atoms with Crippen LogP contribution in [-0.4, -0.2) is 59.9 Å². The van der Waals surface area contributed by atoms with E-state index in [1.54, 1.807) is 0 Å². The van der Waals surface area contributed by atoms with E-state index in [2.05, 4.69) is 89.4 Å². The lowest BCUT2D eigenvalue weighted by Gasteiger charge is -2.37. The van der Waals surface area contributed by atoms with Gasteiger partial charge in [0.15, 0.2) is 5.11 Å². The maximum atomic E-state index is 5.54. The average Bonchev–Trinajstić information content (AvgIpc) is 2.78. The lowest BCUT2D eigenvalue weighted by molar-refractivity contribution is 0.444. The largest absolute Gasteiger partial charge is 0.368 e. The molecule has 1 aromatic carbocycles. The van der Waals surface area contributed by atoms with Gasteiger partial charge in [0.05, 0.1) is 0 Å². The molecule has 2 aromatic rings. The van der Waals surface area contributed by atoms with Crippen molar-refractivity contribution in [3.63, 3.8) is 0 Å². The molecule has 0 radical (unpaired) electrons. The maximum absolute atomic E-state index is 5.54. The van der Waals surface area contributed by atoms with Gasteiger partial charge in [-0.05, 0) is 63.9 Å². The predicted molar refractivity (Wildman–Crippen MR) is 143 cm³/mol. The highest BCUT2D eigenvalue weighted by atomic mass is 32.1. The molecule has 1 atom stereocenters. The van der Waals surface area contributed by atoms with E-state index >= 15 is 0 Å². The summed E-state index contributed by atoms with van der Waals surface area (Å²) in [5.74, 6) is 3.18. The van der Waals surface area contributed by atoms with Crippen molar-refractivity contribution in [3.05, 3.63) is 36.4 Å². The van der Waals surface area contributed by atoms with E-state index in [1.165, 1.54) is 18.5 Å². The first-order valence-corrected chi connectivity index (χ1v) is 12.5. The lowest BCUT2D eigenvalue weighted by Crippen LogP contribution is -2.47. The van der Waals surface area contributed by atoms with Crippen molar-refractivity contribution in [3.8, 4) is 0 Å². The number of nitrogens with one attached hydrogen (secondary N) is 2. The fraction of sp³-hybridized carbons (Fsp3) is 0.560. The molecule has 1 aromatic heterocycles. The summed E-state index contributed by atoms with van der Waals surface area (Å²) in [7, 11) is 0. The quantitative estimate of drug-likeness (QED) is 0.651. The van der Waals surface area contributed by atoms with Gasteiger partial charge in [-0.15, -0.1) is 0 Å². The molecule has 2 saturated heterocycles. The Hall–Kier alpha value is -2.61. The third kappa shape index (κ3) is 6.47. The van der Waals surface area contributed by atoms with Crippen molar-refractivity contribution in [1.29, 1.82) is 0 Å². The molecule has 178 valence electrons. The minimum Gasteiger partial charge on any atom is -0.368 e. The number of piperazine rings is 1. The number of para-hydroxylation sites is 1. The van der Waals surface area contributed by atoms with Gasteiger partial charge in [-0.3, -0.25) is 0 Å². The fourth-order valence-electron chi connectivity index (χ4n) is 4.51. The normalized spacial score (nSPS) is 19.4. The smallest absolute Gasteiger partial charge is 0.232 e. The SMILES string of the molecule is CC1CCCN(c2cc(N3CCN(c4ccccc4)CC3)nc(NC(=S)NC(C)(C)C)n2)C1. The standard InChI is InChI=1S/C25H37N7S/c1-19-9-8-12-32(18-19)22-17-21(26-23(27-22)28-24(33)29-25(2,3)4)31-15-13-30(14-16-31)20-10-6-5-7-11-20/h5-7,10-11,17,19H,8-9,12-16,18H2,1-4H3,(H2,26,27,28,29,33). The second kappa shape index (κ2) is 10.1. The molecule has 0 aliphatic carbocycles. The van der Waals surface area contributed by atoms with Crippen LogP contribution in [0.5, 0.6) is 0 Å². The molecule has 2 N–H and O–H groups in total. The summed E-state index contributed by atoms with van der Waals surface area (Å²) in [6.07, 6.45) is 2.48. The Morgan fingerprint density at radius 1 is 0.939 bits per heavy atom. The van der Waals surface area contributed by atoms with E-state index in [0.29, 0.717) is 17.0 Å². The number of benzene rings is 1. The Morgan fingerprint density at radius 2 is 1.58 bits per heavy atom. The molecule has 0 spiro atoms. The fourth-order valence-corrected chi connectivity index (χ4v) is 4.90. The van der Waals surface area contributed by atoms with Crippen molar-refractivity contribution in [2.24, 2.45) is 5.92 Å². The van der Waals surface area contributed by atoms with E-state index in [9.17, 15) is 0 Å². The van der Waals surface area contributed by atoms with Gasteiger partial charge in [0.2, 0.25) is 5.95 Å². The molecule has 0 bridgehead atoms. The van der Waals surface area contributed by atoms with E-state index in [4.69, 9.17) is 22.2 Å². The summed E-state index contributed by atoms with van der Waals surface area (Å²) >= 11 is 5.54. The zero-order chi connectivity index (χ0) is 23.4. The molecule has 0 saturated carbocycles. The minimum absolute atomic E-state index is 0.124. The Labute approximate surface area is 203 Å². The molecule has 33 heavy (non-hydrogen) atoms. The topological polar surface area (TPSA) is 59.6 Å². The van der Waals surface area contributed by atoms with Gasteiger partial charge in [-0.1, -0.05) is 25.1 Å². The molecule has 2 aliphatic rings. The van der Waals surface area contributed by atoms with Crippen molar-refractivity contribution < 1.29 is 0 Å². The number of anilines is 4. The number of hydrogen-bond acceptors (Lipinski definition) is 6. The van der Waals surface area contributed by atoms with Crippen molar-refractivity contribution >= 4 is 40.6 Å². The molecule has 0 amide bonds. The highest BCUT2D eigenvalue weighted by molar-refractivity contribution is 7.80. The van der Waals surface area contributed by atoms with Gasteiger partial charge in [0.1, 0.15) is 11.6 Å². The molecule has 3 heterocycles. The average molecular weight is 468 g/mol.